The van der Waals surface area contributed by atoms with Crippen LogP contribution in [0.15, 0.2) is 0 Å². The Morgan fingerprint density at radius 1 is 0.600 bits per heavy atom. The number of unbranched alkanes of at least 4 members (excludes halogenated alkanes) is 13. The molecule has 0 fully saturated rings. The molecule has 0 saturated carbocycles. The Hall–Kier alpha value is -1.10. The third-order valence-corrected chi connectivity index (χ3v) is 5.25. The first-order valence-electron chi connectivity index (χ1n) is 12.6. The Kier molecular flexibility index (Phi) is 21.8. The Morgan fingerprint density at radius 3 is 1.53 bits per heavy atom. The Bertz CT molecular complexity index is 397. The van der Waals surface area contributed by atoms with Crippen molar-refractivity contribution >= 4 is 11.9 Å². The van der Waals surface area contributed by atoms with Gasteiger partial charge in [-0.2, -0.15) is 0 Å². The van der Waals surface area contributed by atoms with Crippen LogP contribution in [0.2, 0.25) is 0 Å². The van der Waals surface area contributed by atoms with Gasteiger partial charge < -0.3 is 14.2 Å². The van der Waals surface area contributed by atoms with Gasteiger partial charge in [-0.05, 0) is 6.42 Å². The molecule has 0 rings (SSSR count). The van der Waals surface area contributed by atoms with Gasteiger partial charge in [0.25, 0.3) is 0 Å². The zero-order valence-electron chi connectivity index (χ0n) is 20.1. The standard InChI is InChI=1S/C25H48O5/c1-4-7-8-9-10-11-12-13-14-15-16-17-18-19-20-28-21-23(30-25(27)6-3)22-29-24(26)5-2/h23H,4-22H2,1-3H3/t23-/m1/s1. The van der Waals surface area contributed by atoms with E-state index in [4.69, 9.17) is 14.2 Å². The van der Waals surface area contributed by atoms with E-state index >= 15 is 0 Å². The summed E-state index contributed by atoms with van der Waals surface area (Å²) < 4.78 is 16.0. The van der Waals surface area contributed by atoms with Gasteiger partial charge in [-0.1, -0.05) is 104 Å². The van der Waals surface area contributed by atoms with Crippen molar-refractivity contribution in [2.75, 3.05) is 19.8 Å². The van der Waals surface area contributed by atoms with Gasteiger partial charge in [0.15, 0.2) is 6.10 Å². The highest BCUT2D eigenvalue weighted by Gasteiger charge is 2.16. The van der Waals surface area contributed by atoms with Crippen LogP contribution in [-0.4, -0.2) is 37.9 Å². The normalized spacial score (nSPS) is 12.0. The summed E-state index contributed by atoms with van der Waals surface area (Å²) in [7, 11) is 0. The maximum atomic E-state index is 11.5. The van der Waals surface area contributed by atoms with E-state index in [1.165, 1.54) is 83.5 Å². The molecule has 0 bridgehead atoms. The molecule has 178 valence electrons. The lowest BCUT2D eigenvalue weighted by Gasteiger charge is -2.17. The van der Waals surface area contributed by atoms with Crippen molar-refractivity contribution < 1.29 is 23.8 Å². The fourth-order valence-electron chi connectivity index (χ4n) is 3.29. The van der Waals surface area contributed by atoms with Gasteiger partial charge in [0.05, 0.1) is 6.61 Å². The van der Waals surface area contributed by atoms with Crippen LogP contribution in [0.5, 0.6) is 0 Å². The molecule has 0 spiro atoms. The summed E-state index contributed by atoms with van der Waals surface area (Å²) in [6.45, 7) is 6.75. The van der Waals surface area contributed by atoms with Crippen LogP contribution < -0.4 is 0 Å². The van der Waals surface area contributed by atoms with Gasteiger partial charge in [-0.25, -0.2) is 0 Å². The van der Waals surface area contributed by atoms with Gasteiger partial charge >= 0.3 is 11.9 Å². The van der Waals surface area contributed by atoms with E-state index in [1.54, 1.807) is 13.8 Å². The molecule has 0 N–H and O–H groups in total. The van der Waals surface area contributed by atoms with E-state index < -0.39 is 6.10 Å². The molecule has 1 atom stereocenters. The number of rotatable bonds is 22. The second-order valence-electron chi connectivity index (χ2n) is 8.17. The number of carbonyl (C=O) groups is 2. The summed E-state index contributed by atoms with van der Waals surface area (Å²) in [6.07, 6.45) is 18.7. The number of hydrogen-bond acceptors (Lipinski definition) is 5. The van der Waals surface area contributed by atoms with E-state index in [0.29, 0.717) is 19.4 Å². The van der Waals surface area contributed by atoms with Crippen molar-refractivity contribution in [3.63, 3.8) is 0 Å². The fourth-order valence-corrected chi connectivity index (χ4v) is 3.29. The van der Waals surface area contributed by atoms with E-state index in [2.05, 4.69) is 6.92 Å². The van der Waals surface area contributed by atoms with E-state index in [-0.39, 0.29) is 25.2 Å². The summed E-state index contributed by atoms with van der Waals surface area (Å²) in [5.41, 5.74) is 0. The van der Waals surface area contributed by atoms with Crippen LogP contribution >= 0.6 is 0 Å². The molecular weight excluding hydrogens is 380 g/mol. The predicted molar refractivity (Wildman–Crippen MR) is 123 cm³/mol. The van der Waals surface area contributed by atoms with Gasteiger partial charge in [-0.3, -0.25) is 9.59 Å². The summed E-state index contributed by atoms with van der Waals surface area (Å²) in [5, 5.41) is 0. The lowest BCUT2D eigenvalue weighted by atomic mass is 10.0. The van der Waals surface area contributed by atoms with Gasteiger partial charge in [0.1, 0.15) is 6.61 Å². The lowest BCUT2D eigenvalue weighted by Crippen LogP contribution is -2.29. The summed E-state index contributed by atoms with van der Waals surface area (Å²) in [4.78, 5) is 22.8. The molecule has 0 aromatic rings. The van der Waals surface area contributed by atoms with Gasteiger partial charge in [0.2, 0.25) is 0 Å². The SMILES string of the molecule is CCCCCCCCCCCCCCCCOC[C@H](COC(=O)CC)OC(=O)CC. The average molecular weight is 429 g/mol. The Morgan fingerprint density at radius 2 is 1.07 bits per heavy atom. The third kappa shape index (κ3) is 20.2. The highest BCUT2D eigenvalue weighted by molar-refractivity contribution is 5.70. The first-order valence-corrected chi connectivity index (χ1v) is 12.6. The first kappa shape index (κ1) is 28.9. The topological polar surface area (TPSA) is 61.8 Å². The van der Waals surface area contributed by atoms with E-state index in [0.717, 1.165) is 6.42 Å². The smallest absolute Gasteiger partial charge is 0.305 e. The molecule has 30 heavy (non-hydrogen) atoms. The molecule has 0 unspecified atom stereocenters. The van der Waals surface area contributed by atoms with Gasteiger partial charge in [-0.15, -0.1) is 0 Å². The summed E-state index contributed by atoms with van der Waals surface area (Å²) in [5.74, 6) is -0.591. The number of ether oxygens (including phenoxy) is 3. The van der Waals surface area contributed by atoms with Crippen LogP contribution in [0.4, 0.5) is 0 Å². The van der Waals surface area contributed by atoms with Crippen LogP contribution in [0.1, 0.15) is 124 Å². The third-order valence-electron chi connectivity index (χ3n) is 5.25. The molecule has 0 saturated heterocycles. The van der Waals surface area contributed by atoms with Crippen LogP contribution in [0.3, 0.4) is 0 Å². The molecule has 0 heterocycles. The van der Waals surface area contributed by atoms with Crippen molar-refractivity contribution in [1.82, 2.24) is 0 Å². The maximum absolute atomic E-state index is 11.5. The minimum Gasteiger partial charge on any atom is -0.462 e. The lowest BCUT2D eigenvalue weighted by molar-refractivity contribution is -0.162. The van der Waals surface area contributed by atoms with Gasteiger partial charge in [0, 0.05) is 19.4 Å². The highest BCUT2D eigenvalue weighted by atomic mass is 16.6. The number of esters is 2. The fraction of sp³-hybridized carbons (Fsp3) is 0.920. The summed E-state index contributed by atoms with van der Waals surface area (Å²) >= 11 is 0. The molecule has 0 aromatic heterocycles. The molecular formula is C25H48O5. The molecule has 0 aromatic carbocycles. The number of carbonyl (C=O) groups excluding carboxylic acids is 2. The number of hydrogen-bond donors (Lipinski definition) is 0. The Balaban J connectivity index is 3.51. The predicted octanol–water partition coefficient (Wildman–Crippen LogP) is 6.76. The quantitative estimate of drug-likeness (QED) is 0.141. The highest BCUT2D eigenvalue weighted by Crippen LogP contribution is 2.13. The van der Waals surface area contributed by atoms with Crippen molar-refractivity contribution in [2.24, 2.45) is 0 Å². The van der Waals surface area contributed by atoms with Crippen molar-refractivity contribution in [2.45, 2.75) is 130 Å². The minimum atomic E-state index is -0.514. The second-order valence-corrected chi connectivity index (χ2v) is 8.17. The van der Waals surface area contributed by atoms with Crippen molar-refractivity contribution in [3.05, 3.63) is 0 Å². The van der Waals surface area contributed by atoms with E-state index in [1.807, 2.05) is 0 Å². The molecule has 5 nitrogen and oxygen atoms in total. The minimum absolute atomic E-state index is 0.0666. The molecule has 0 aliphatic heterocycles. The average Bonchev–Trinajstić information content (AvgIpc) is 2.76. The Labute approximate surface area is 185 Å². The largest absolute Gasteiger partial charge is 0.462 e. The van der Waals surface area contributed by atoms with Crippen LogP contribution in [0.25, 0.3) is 0 Å². The first-order chi connectivity index (χ1) is 14.6. The summed E-state index contributed by atoms with van der Waals surface area (Å²) in [6, 6.07) is 0. The zero-order valence-corrected chi connectivity index (χ0v) is 20.1. The molecule has 5 heteroatoms. The molecule has 0 radical (unpaired) electrons. The van der Waals surface area contributed by atoms with Crippen molar-refractivity contribution in [1.29, 1.82) is 0 Å². The zero-order chi connectivity index (χ0) is 22.3. The van der Waals surface area contributed by atoms with E-state index in [9.17, 15) is 9.59 Å². The molecule has 0 aliphatic rings. The second kappa shape index (κ2) is 22.6. The van der Waals surface area contributed by atoms with Crippen LogP contribution in [0, 0.1) is 0 Å². The van der Waals surface area contributed by atoms with Crippen molar-refractivity contribution in [3.8, 4) is 0 Å². The maximum Gasteiger partial charge on any atom is 0.305 e. The monoisotopic (exact) mass is 428 g/mol. The molecule has 0 amide bonds. The molecule has 0 aliphatic carbocycles. The van der Waals surface area contributed by atoms with Crippen LogP contribution in [-0.2, 0) is 23.8 Å².